The minimum atomic E-state index is -1.52. The standard InChI is InChI=1S/C57H97NO8/c1-6-8-10-12-14-16-18-20-22-24-25-26-27-28-29-30-31-32-34-36-38-40-42-44-46-48-55(60)66-53(52-65-57(56(61)62)63-50-49-58(3,4)5)51-64-54(59)47-45-43-41-39-37-35-33-23-21-19-17-15-13-11-9-7-2/h8,10,14,16,20,22,25-26,28-29,31-32,36,38,53,57H,6-7,9,11-13,15,17-19,21,23-24,27,30,33-35,37,39-52H2,1-5H3/p+1/b10-8-,16-14-,22-20-,26-25-,29-28-,32-31-,38-36-. The zero-order valence-corrected chi connectivity index (χ0v) is 42.8. The highest BCUT2D eigenvalue weighted by molar-refractivity contribution is 5.71. The quantitative estimate of drug-likeness (QED) is 0.0211. The Morgan fingerprint density at radius 2 is 0.864 bits per heavy atom. The van der Waals surface area contributed by atoms with Gasteiger partial charge in [0, 0.05) is 12.8 Å². The fourth-order valence-electron chi connectivity index (χ4n) is 6.87. The Hall–Kier alpha value is -3.53. The molecule has 2 unspecified atom stereocenters. The number of likely N-dealkylation sites (N-methyl/N-ethyl adjacent to an activating group) is 1. The topological polar surface area (TPSA) is 108 Å². The zero-order chi connectivity index (χ0) is 48.4. The molecule has 0 fully saturated rings. The number of allylic oxidation sites excluding steroid dienone is 14. The molecule has 0 aliphatic carbocycles. The summed E-state index contributed by atoms with van der Waals surface area (Å²) in [5, 5.41) is 9.67. The SMILES string of the molecule is CC/C=C\C/C=C\C/C=C\C/C=C\C/C=C\C/C=C\C/C=C\CCCCCC(=O)OC(COC(=O)CCCCCCCCCCCCCCCCCC)COC(OCC[N+](C)(C)C)C(=O)O. The molecule has 0 aliphatic heterocycles. The highest BCUT2D eigenvalue weighted by atomic mass is 16.7. The summed E-state index contributed by atoms with van der Waals surface area (Å²) in [7, 11) is 5.94. The van der Waals surface area contributed by atoms with Gasteiger partial charge in [0.25, 0.3) is 6.29 Å². The molecular weight excluding hydrogens is 827 g/mol. The summed E-state index contributed by atoms with van der Waals surface area (Å²) in [4.78, 5) is 37.3. The molecule has 0 heterocycles. The van der Waals surface area contributed by atoms with Crippen molar-refractivity contribution in [3.8, 4) is 0 Å². The molecule has 0 aromatic carbocycles. The Morgan fingerprint density at radius 1 is 0.470 bits per heavy atom. The Morgan fingerprint density at radius 3 is 1.29 bits per heavy atom. The monoisotopic (exact) mass is 925 g/mol. The molecule has 9 heteroatoms. The second-order valence-corrected chi connectivity index (χ2v) is 18.5. The summed E-state index contributed by atoms with van der Waals surface area (Å²) in [5.74, 6) is -2.05. The third-order valence-corrected chi connectivity index (χ3v) is 10.9. The highest BCUT2D eigenvalue weighted by Crippen LogP contribution is 2.15. The van der Waals surface area contributed by atoms with E-state index in [0.717, 1.165) is 83.5 Å². The molecule has 0 amide bonds. The van der Waals surface area contributed by atoms with Gasteiger partial charge in [-0.1, -0.05) is 202 Å². The normalized spacial score (nSPS) is 13.5. The van der Waals surface area contributed by atoms with E-state index in [1.165, 1.54) is 83.5 Å². The van der Waals surface area contributed by atoms with Crippen LogP contribution >= 0.6 is 0 Å². The predicted molar refractivity (Wildman–Crippen MR) is 276 cm³/mol. The van der Waals surface area contributed by atoms with Crippen LogP contribution < -0.4 is 0 Å². The molecule has 0 aromatic rings. The molecule has 9 nitrogen and oxygen atoms in total. The Labute approximate surface area is 404 Å². The molecule has 0 bridgehead atoms. The average molecular weight is 925 g/mol. The first-order chi connectivity index (χ1) is 32.1. The van der Waals surface area contributed by atoms with Crippen LogP contribution in [0.4, 0.5) is 0 Å². The van der Waals surface area contributed by atoms with Gasteiger partial charge in [-0.05, 0) is 70.6 Å². The first-order valence-corrected chi connectivity index (χ1v) is 26.3. The van der Waals surface area contributed by atoms with Gasteiger partial charge in [-0.25, -0.2) is 4.79 Å². The second kappa shape index (κ2) is 47.9. The van der Waals surface area contributed by atoms with E-state index in [1.807, 2.05) is 21.1 Å². The summed E-state index contributed by atoms with van der Waals surface area (Å²) in [6.07, 6.45) is 59.3. The van der Waals surface area contributed by atoms with Crippen LogP contribution in [-0.2, 0) is 33.3 Å². The number of quaternary nitrogens is 1. The van der Waals surface area contributed by atoms with Crippen LogP contribution in [-0.4, -0.2) is 87.4 Å². The Bertz CT molecular complexity index is 1350. The van der Waals surface area contributed by atoms with Crippen LogP contribution in [0.15, 0.2) is 85.1 Å². The van der Waals surface area contributed by atoms with Gasteiger partial charge < -0.3 is 28.5 Å². The van der Waals surface area contributed by atoms with E-state index in [1.54, 1.807) is 0 Å². The maximum atomic E-state index is 12.8. The number of carboxylic acids is 1. The van der Waals surface area contributed by atoms with E-state index in [2.05, 4.69) is 98.9 Å². The van der Waals surface area contributed by atoms with Crippen molar-refractivity contribution in [2.75, 3.05) is 47.5 Å². The smallest absolute Gasteiger partial charge is 0.361 e. The van der Waals surface area contributed by atoms with Gasteiger partial charge in [0.15, 0.2) is 6.10 Å². The van der Waals surface area contributed by atoms with Crippen LogP contribution in [0, 0.1) is 0 Å². The van der Waals surface area contributed by atoms with E-state index < -0.39 is 24.3 Å². The molecule has 0 aromatic heterocycles. The van der Waals surface area contributed by atoms with Gasteiger partial charge in [0.2, 0.25) is 0 Å². The molecule has 1 N–H and O–H groups in total. The lowest BCUT2D eigenvalue weighted by Crippen LogP contribution is -2.40. The number of esters is 2. The number of carboxylic acid groups (broad SMARTS) is 1. The third-order valence-electron chi connectivity index (χ3n) is 10.9. The summed E-state index contributed by atoms with van der Waals surface area (Å²) in [5.41, 5.74) is 0. The number of nitrogens with zero attached hydrogens (tertiary/aromatic N) is 1. The third kappa shape index (κ3) is 48.4. The minimum Gasteiger partial charge on any atom is -0.477 e. The maximum Gasteiger partial charge on any atom is 0.361 e. The molecule has 0 saturated carbocycles. The van der Waals surface area contributed by atoms with Crippen molar-refractivity contribution in [1.82, 2.24) is 0 Å². The number of carbonyl (C=O) groups excluding carboxylic acids is 2. The van der Waals surface area contributed by atoms with Crippen LogP contribution in [0.5, 0.6) is 0 Å². The van der Waals surface area contributed by atoms with Gasteiger partial charge in [0.1, 0.15) is 13.2 Å². The number of carbonyl (C=O) groups is 3. The zero-order valence-electron chi connectivity index (χ0n) is 42.8. The summed E-state index contributed by atoms with van der Waals surface area (Å²) < 4.78 is 22.8. The minimum absolute atomic E-state index is 0.177. The lowest BCUT2D eigenvalue weighted by Gasteiger charge is -2.25. The van der Waals surface area contributed by atoms with Crippen molar-refractivity contribution in [1.29, 1.82) is 0 Å². The van der Waals surface area contributed by atoms with Crippen LogP contribution in [0.3, 0.4) is 0 Å². The van der Waals surface area contributed by atoms with Crippen molar-refractivity contribution in [2.45, 2.75) is 212 Å². The Balaban J connectivity index is 4.42. The first kappa shape index (κ1) is 62.5. The molecular formula is C57H98NO8+. The predicted octanol–water partition coefficient (Wildman–Crippen LogP) is 14.8. The van der Waals surface area contributed by atoms with Crippen LogP contribution in [0.1, 0.15) is 200 Å². The number of hydrogen-bond donors (Lipinski definition) is 1. The molecule has 378 valence electrons. The number of unbranched alkanes of at least 4 members (excludes halogenated alkanes) is 18. The van der Waals surface area contributed by atoms with Gasteiger partial charge in [0.05, 0.1) is 34.4 Å². The van der Waals surface area contributed by atoms with E-state index in [-0.39, 0.29) is 32.2 Å². The molecule has 0 radical (unpaired) electrons. The average Bonchev–Trinajstić information content (AvgIpc) is 3.28. The van der Waals surface area contributed by atoms with Crippen molar-refractivity contribution < 1.29 is 42.9 Å². The summed E-state index contributed by atoms with van der Waals surface area (Å²) in [6, 6.07) is 0. The second-order valence-electron chi connectivity index (χ2n) is 18.5. The number of rotatable bonds is 47. The summed E-state index contributed by atoms with van der Waals surface area (Å²) >= 11 is 0. The van der Waals surface area contributed by atoms with Crippen molar-refractivity contribution in [2.24, 2.45) is 0 Å². The van der Waals surface area contributed by atoms with Crippen LogP contribution in [0.25, 0.3) is 0 Å². The van der Waals surface area contributed by atoms with Crippen molar-refractivity contribution in [3.63, 3.8) is 0 Å². The van der Waals surface area contributed by atoms with Gasteiger partial charge in [-0.15, -0.1) is 0 Å². The molecule has 0 rings (SSSR count). The molecule has 0 aliphatic rings. The number of hydrogen-bond acceptors (Lipinski definition) is 7. The molecule has 0 spiro atoms. The number of ether oxygens (including phenoxy) is 4. The van der Waals surface area contributed by atoms with Crippen molar-refractivity contribution >= 4 is 17.9 Å². The van der Waals surface area contributed by atoms with E-state index in [9.17, 15) is 19.5 Å². The van der Waals surface area contributed by atoms with Gasteiger partial charge in [-0.2, -0.15) is 0 Å². The fourth-order valence-corrected chi connectivity index (χ4v) is 6.87. The summed E-state index contributed by atoms with van der Waals surface area (Å²) in [6.45, 7) is 4.72. The lowest BCUT2D eigenvalue weighted by atomic mass is 10.0. The van der Waals surface area contributed by atoms with Gasteiger partial charge >= 0.3 is 17.9 Å². The largest absolute Gasteiger partial charge is 0.477 e. The van der Waals surface area contributed by atoms with E-state index in [4.69, 9.17) is 18.9 Å². The molecule has 2 atom stereocenters. The first-order valence-electron chi connectivity index (χ1n) is 26.3. The molecule has 0 saturated heterocycles. The lowest BCUT2D eigenvalue weighted by molar-refractivity contribution is -0.870. The van der Waals surface area contributed by atoms with E-state index in [0.29, 0.717) is 23.9 Å². The Kier molecular flexibility index (Phi) is 45.4. The van der Waals surface area contributed by atoms with Crippen LogP contribution in [0.2, 0.25) is 0 Å². The van der Waals surface area contributed by atoms with Gasteiger partial charge in [-0.3, -0.25) is 9.59 Å². The fraction of sp³-hybridized carbons (Fsp3) is 0.702. The number of aliphatic carboxylic acids is 1. The van der Waals surface area contributed by atoms with E-state index >= 15 is 0 Å². The molecule has 66 heavy (non-hydrogen) atoms. The van der Waals surface area contributed by atoms with Crippen molar-refractivity contribution in [3.05, 3.63) is 85.1 Å². The maximum absolute atomic E-state index is 12.8. The highest BCUT2D eigenvalue weighted by Gasteiger charge is 2.25.